The first kappa shape index (κ1) is 20.1. The summed E-state index contributed by atoms with van der Waals surface area (Å²) in [6.07, 6.45) is -1.17. The maximum Gasteiger partial charge on any atom is 0.416 e. The molecule has 0 saturated carbocycles. The van der Waals surface area contributed by atoms with Crippen LogP contribution >= 0.6 is 0 Å². The molecule has 4 rings (SSSR count). The Kier molecular flexibility index (Phi) is 5.29. The van der Waals surface area contributed by atoms with Crippen LogP contribution < -0.4 is 10.6 Å². The summed E-state index contributed by atoms with van der Waals surface area (Å²) in [5, 5.41) is 16.8. The average Bonchev–Trinajstić information content (AvgIpc) is 2.73. The molecule has 0 radical (unpaired) electrons. The van der Waals surface area contributed by atoms with Gasteiger partial charge in [-0.05, 0) is 54.8 Å². The summed E-state index contributed by atoms with van der Waals surface area (Å²) in [6.45, 7) is 1.71. The number of alkyl halides is 3. The summed E-state index contributed by atoms with van der Waals surface area (Å²) in [5.41, 5.74) is 0.435. The largest absolute Gasteiger partial charge is 0.478 e. The first-order valence-electron chi connectivity index (χ1n) is 9.50. The molecule has 3 N–H and O–H groups in total. The zero-order valence-corrected chi connectivity index (χ0v) is 15.8. The number of rotatable bonds is 4. The lowest BCUT2D eigenvalue weighted by molar-refractivity contribution is -0.137. The molecular weight excluding hydrogens is 397 g/mol. The topological polar surface area (TPSA) is 87.1 Å². The van der Waals surface area contributed by atoms with Crippen molar-refractivity contribution in [2.75, 3.05) is 18.4 Å². The van der Waals surface area contributed by atoms with Crippen molar-refractivity contribution in [1.82, 2.24) is 15.3 Å². The van der Waals surface area contributed by atoms with E-state index in [1.807, 2.05) is 0 Å². The van der Waals surface area contributed by atoms with Gasteiger partial charge in [0.2, 0.25) is 0 Å². The van der Waals surface area contributed by atoms with Gasteiger partial charge in [0, 0.05) is 18.0 Å². The molecule has 9 heteroatoms. The Balaban J connectivity index is 1.80. The van der Waals surface area contributed by atoms with Crippen LogP contribution in [-0.4, -0.2) is 40.2 Å². The third-order valence-electron chi connectivity index (χ3n) is 5.15. The van der Waals surface area contributed by atoms with Gasteiger partial charge in [0.1, 0.15) is 12.1 Å². The van der Waals surface area contributed by atoms with Gasteiger partial charge in [-0.2, -0.15) is 13.2 Å². The number of benzene rings is 2. The Morgan fingerprint density at radius 3 is 2.53 bits per heavy atom. The van der Waals surface area contributed by atoms with Crippen LogP contribution in [0.2, 0.25) is 0 Å². The number of halogens is 3. The van der Waals surface area contributed by atoms with Crippen molar-refractivity contribution in [2.24, 2.45) is 0 Å². The summed E-state index contributed by atoms with van der Waals surface area (Å²) in [5.74, 6) is -0.664. The van der Waals surface area contributed by atoms with Gasteiger partial charge in [-0.15, -0.1) is 0 Å². The SMILES string of the molecule is O=C(O)c1cc(-c2ccc(C(F)(F)F)cc2)cc2c(N[C@H]3CCCNC3)ncnc12. The average molecular weight is 416 g/mol. The van der Waals surface area contributed by atoms with Crippen molar-refractivity contribution in [3.05, 3.63) is 53.9 Å². The van der Waals surface area contributed by atoms with E-state index in [1.54, 1.807) is 6.07 Å². The lowest BCUT2D eigenvalue weighted by Gasteiger charge is -2.25. The standard InChI is InChI=1S/C21H19F3N4O2/c22-21(23,24)14-5-3-12(4-6-14)13-8-16-18(17(9-13)20(29)30)26-11-27-19(16)28-15-2-1-7-25-10-15/h3-6,8-9,11,15,25H,1-2,7,10H2,(H,29,30)(H,26,27,28)/t15-/m0/s1. The second-order valence-corrected chi connectivity index (χ2v) is 7.21. The number of nitrogens with zero attached hydrogens (tertiary/aromatic N) is 2. The van der Waals surface area contributed by atoms with Gasteiger partial charge in [0.15, 0.2) is 0 Å². The molecule has 6 nitrogen and oxygen atoms in total. The zero-order chi connectivity index (χ0) is 21.3. The maximum atomic E-state index is 12.9. The summed E-state index contributed by atoms with van der Waals surface area (Å²) in [7, 11) is 0. The monoisotopic (exact) mass is 416 g/mol. The van der Waals surface area contributed by atoms with Gasteiger partial charge in [0.05, 0.1) is 16.6 Å². The van der Waals surface area contributed by atoms with Gasteiger partial charge in [0.25, 0.3) is 0 Å². The van der Waals surface area contributed by atoms with E-state index in [1.165, 1.54) is 24.5 Å². The van der Waals surface area contributed by atoms with Crippen LogP contribution in [0.3, 0.4) is 0 Å². The highest BCUT2D eigenvalue weighted by Crippen LogP contribution is 2.33. The van der Waals surface area contributed by atoms with Crippen molar-refractivity contribution in [1.29, 1.82) is 0 Å². The summed E-state index contributed by atoms with van der Waals surface area (Å²) in [6, 6.07) is 7.90. The number of aromatic carboxylic acids is 1. The van der Waals surface area contributed by atoms with Crippen LogP contribution in [-0.2, 0) is 6.18 Å². The Labute approximate surface area is 170 Å². The van der Waals surface area contributed by atoms with E-state index in [-0.39, 0.29) is 17.1 Å². The molecule has 0 unspecified atom stereocenters. The fourth-order valence-electron chi connectivity index (χ4n) is 3.63. The van der Waals surface area contributed by atoms with Crippen LogP contribution in [0, 0.1) is 0 Å². The normalized spacial score (nSPS) is 17.1. The number of hydrogen-bond acceptors (Lipinski definition) is 5. The van der Waals surface area contributed by atoms with Gasteiger partial charge < -0.3 is 15.7 Å². The summed E-state index contributed by atoms with van der Waals surface area (Å²) in [4.78, 5) is 20.3. The molecular formula is C21H19F3N4O2. The van der Waals surface area contributed by atoms with E-state index in [0.29, 0.717) is 22.3 Å². The molecule has 0 aliphatic carbocycles. The number of carboxylic acids is 1. The highest BCUT2D eigenvalue weighted by Gasteiger charge is 2.30. The smallest absolute Gasteiger partial charge is 0.416 e. The summed E-state index contributed by atoms with van der Waals surface area (Å²) >= 11 is 0. The van der Waals surface area contributed by atoms with E-state index in [2.05, 4.69) is 20.6 Å². The van der Waals surface area contributed by atoms with Crippen LogP contribution in [0.15, 0.2) is 42.7 Å². The first-order valence-corrected chi connectivity index (χ1v) is 9.50. The number of anilines is 1. The molecule has 0 bridgehead atoms. The van der Waals surface area contributed by atoms with Gasteiger partial charge in [-0.25, -0.2) is 14.8 Å². The fourth-order valence-corrected chi connectivity index (χ4v) is 3.63. The zero-order valence-electron chi connectivity index (χ0n) is 15.8. The van der Waals surface area contributed by atoms with Crippen molar-refractivity contribution in [2.45, 2.75) is 25.1 Å². The van der Waals surface area contributed by atoms with Crippen molar-refractivity contribution < 1.29 is 23.1 Å². The van der Waals surface area contributed by atoms with Crippen molar-refractivity contribution in [3.8, 4) is 11.1 Å². The minimum absolute atomic E-state index is 0.0328. The molecule has 1 saturated heterocycles. The Bertz CT molecular complexity index is 1080. The Hall–Kier alpha value is -3.20. The predicted octanol–water partition coefficient (Wildman–Crippen LogP) is 4.18. The minimum Gasteiger partial charge on any atom is -0.478 e. The first-order chi connectivity index (χ1) is 14.3. The molecule has 1 fully saturated rings. The van der Waals surface area contributed by atoms with E-state index >= 15 is 0 Å². The summed E-state index contributed by atoms with van der Waals surface area (Å²) < 4.78 is 38.6. The van der Waals surface area contributed by atoms with Crippen LogP contribution in [0.4, 0.5) is 19.0 Å². The second-order valence-electron chi connectivity index (χ2n) is 7.21. The quantitative estimate of drug-likeness (QED) is 0.592. The Morgan fingerprint density at radius 2 is 1.90 bits per heavy atom. The lowest BCUT2D eigenvalue weighted by atomic mass is 9.98. The number of nitrogens with one attached hydrogen (secondary N) is 2. The molecule has 0 spiro atoms. The highest BCUT2D eigenvalue weighted by atomic mass is 19.4. The van der Waals surface area contributed by atoms with Crippen LogP contribution in [0.1, 0.15) is 28.8 Å². The molecule has 2 heterocycles. The Morgan fingerprint density at radius 1 is 1.13 bits per heavy atom. The highest BCUT2D eigenvalue weighted by molar-refractivity contribution is 6.06. The lowest BCUT2D eigenvalue weighted by Crippen LogP contribution is -2.38. The molecule has 0 amide bonds. The second kappa shape index (κ2) is 7.91. The number of hydrogen-bond donors (Lipinski definition) is 3. The third kappa shape index (κ3) is 4.06. The fraction of sp³-hybridized carbons (Fsp3) is 0.286. The van der Waals surface area contributed by atoms with Crippen molar-refractivity contribution >= 4 is 22.7 Å². The molecule has 1 aliphatic heterocycles. The van der Waals surface area contributed by atoms with Crippen LogP contribution in [0.25, 0.3) is 22.0 Å². The van der Waals surface area contributed by atoms with E-state index in [0.717, 1.165) is 38.1 Å². The number of aromatic nitrogens is 2. The third-order valence-corrected chi connectivity index (χ3v) is 5.15. The molecule has 1 aliphatic rings. The van der Waals surface area contributed by atoms with Gasteiger partial charge in [-0.3, -0.25) is 0 Å². The molecule has 1 aromatic heterocycles. The molecule has 3 aromatic rings. The molecule has 30 heavy (non-hydrogen) atoms. The molecule has 156 valence electrons. The maximum absolute atomic E-state index is 12.9. The van der Waals surface area contributed by atoms with Crippen molar-refractivity contribution in [3.63, 3.8) is 0 Å². The van der Waals surface area contributed by atoms with Gasteiger partial charge >= 0.3 is 12.1 Å². The number of carboxylic acid groups (broad SMARTS) is 1. The predicted molar refractivity (Wildman–Crippen MR) is 106 cm³/mol. The van der Waals surface area contributed by atoms with E-state index < -0.39 is 17.7 Å². The molecule has 2 aromatic carbocycles. The number of carbonyl (C=O) groups is 1. The van der Waals surface area contributed by atoms with E-state index in [4.69, 9.17) is 0 Å². The number of piperidine rings is 1. The molecule has 1 atom stereocenters. The van der Waals surface area contributed by atoms with Crippen LogP contribution in [0.5, 0.6) is 0 Å². The van der Waals surface area contributed by atoms with Gasteiger partial charge in [-0.1, -0.05) is 12.1 Å². The minimum atomic E-state index is -4.44. The number of fused-ring (bicyclic) bond motifs is 1. The van der Waals surface area contributed by atoms with E-state index in [9.17, 15) is 23.1 Å².